The molecular formula is C10H19N3O2. The van der Waals surface area contributed by atoms with E-state index in [1.165, 1.54) is 0 Å². The van der Waals surface area contributed by atoms with E-state index in [1.807, 2.05) is 4.57 Å². The van der Waals surface area contributed by atoms with Crippen molar-refractivity contribution in [2.75, 3.05) is 13.7 Å². The molecule has 0 aliphatic carbocycles. The molecule has 1 aromatic heterocycles. The van der Waals surface area contributed by atoms with Crippen LogP contribution in [0.25, 0.3) is 0 Å². The predicted octanol–water partition coefficient (Wildman–Crippen LogP) is 0.714. The third kappa shape index (κ3) is 2.76. The normalized spacial score (nSPS) is 12.1. The second-order valence-corrected chi connectivity index (χ2v) is 4.44. The minimum absolute atomic E-state index is 0.0861. The lowest BCUT2D eigenvalue weighted by Crippen LogP contribution is -2.27. The Kier molecular flexibility index (Phi) is 3.82. The van der Waals surface area contributed by atoms with Crippen molar-refractivity contribution in [3.8, 4) is 0 Å². The Labute approximate surface area is 90.1 Å². The highest BCUT2D eigenvalue weighted by Gasteiger charge is 2.21. The summed E-state index contributed by atoms with van der Waals surface area (Å²) in [5.74, 6) is 1.46. The molecule has 15 heavy (non-hydrogen) atoms. The van der Waals surface area contributed by atoms with Gasteiger partial charge < -0.3 is 14.4 Å². The van der Waals surface area contributed by atoms with Crippen LogP contribution < -0.4 is 0 Å². The number of aliphatic hydroxyl groups is 1. The minimum atomic E-state index is -0.120. The summed E-state index contributed by atoms with van der Waals surface area (Å²) in [5, 5.41) is 17.2. The standard InChI is InChI=1S/C10H19N3O2/c1-10(2,3)13-8(5-6-15-4)11-12-9(13)7-14/h14H,5-7H2,1-4H3. The average Bonchev–Trinajstić information content (AvgIpc) is 2.56. The Hall–Kier alpha value is -0.940. The van der Waals surface area contributed by atoms with Crippen molar-refractivity contribution >= 4 is 0 Å². The summed E-state index contributed by atoms with van der Waals surface area (Å²) in [6, 6.07) is 0. The van der Waals surface area contributed by atoms with Crippen molar-refractivity contribution < 1.29 is 9.84 Å². The van der Waals surface area contributed by atoms with E-state index in [0.29, 0.717) is 18.9 Å². The second kappa shape index (κ2) is 4.72. The molecule has 5 heteroatoms. The van der Waals surface area contributed by atoms with E-state index in [2.05, 4.69) is 31.0 Å². The SMILES string of the molecule is COCCc1nnc(CO)n1C(C)(C)C. The third-order valence-corrected chi connectivity index (χ3v) is 2.14. The van der Waals surface area contributed by atoms with Gasteiger partial charge in [0.05, 0.1) is 6.61 Å². The lowest BCUT2D eigenvalue weighted by Gasteiger charge is -2.24. The van der Waals surface area contributed by atoms with Gasteiger partial charge in [-0.2, -0.15) is 0 Å². The Bertz CT molecular complexity index is 315. The zero-order chi connectivity index (χ0) is 11.5. The highest BCUT2D eigenvalue weighted by molar-refractivity contribution is 5.00. The molecule has 0 aromatic carbocycles. The van der Waals surface area contributed by atoms with Gasteiger partial charge in [-0.05, 0) is 20.8 Å². The van der Waals surface area contributed by atoms with Crippen molar-refractivity contribution in [1.29, 1.82) is 0 Å². The maximum Gasteiger partial charge on any atom is 0.159 e. The molecule has 0 fully saturated rings. The number of hydrogen-bond acceptors (Lipinski definition) is 4. The van der Waals surface area contributed by atoms with Crippen LogP contribution in [0, 0.1) is 0 Å². The van der Waals surface area contributed by atoms with Crippen molar-refractivity contribution in [2.24, 2.45) is 0 Å². The Morgan fingerprint density at radius 1 is 1.27 bits per heavy atom. The number of rotatable bonds is 4. The largest absolute Gasteiger partial charge is 0.388 e. The van der Waals surface area contributed by atoms with Gasteiger partial charge in [0.1, 0.15) is 12.4 Å². The van der Waals surface area contributed by atoms with E-state index in [4.69, 9.17) is 9.84 Å². The van der Waals surface area contributed by atoms with Crippen LogP contribution in [-0.2, 0) is 23.3 Å². The Balaban J connectivity index is 3.01. The van der Waals surface area contributed by atoms with Crippen LogP contribution in [-0.4, -0.2) is 33.6 Å². The molecule has 0 unspecified atom stereocenters. The summed E-state index contributed by atoms with van der Waals surface area (Å²) < 4.78 is 6.98. The van der Waals surface area contributed by atoms with Crippen LogP contribution in [0.4, 0.5) is 0 Å². The summed E-state index contributed by atoms with van der Waals surface area (Å²) in [6.07, 6.45) is 0.709. The van der Waals surface area contributed by atoms with Crippen molar-refractivity contribution in [1.82, 2.24) is 14.8 Å². The highest BCUT2D eigenvalue weighted by atomic mass is 16.5. The topological polar surface area (TPSA) is 60.2 Å². The lowest BCUT2D eigenvalue weighted by atomic mass is 10.1. The molecule has 0 aliphatic heterocycles. The minimum Gasteiger partial charge on any atom is -0.388 e. The first-order chi connectivity index (χ1) is 7.00. The maximum absolute atomic E-state index is 9.17. The molecule has 1 rings (SSSR count). The summed E-state index contributed by atoms with van der Waals surface area (Å²) in [7, 11) is 1.66. The van der Waals surface area contributed by atoms with Crippen molar-refractivity contribution in [3.63, 3.8) is 0 Å². The molecule has 0 atom stereocenters. The second-order valence-electron chi connectivity index (χ2n) is 4.44. The fourth-order valence-corrected chi connectivity index (χ4v) is 1.59. The number of hydrogen-bond donors (Lipinski definition) is 1. The number of aliphatic hydroxyl groups excluding tert-OH is 1. The van der Waals surface area contributed by atoms with E-state index in [9.17, 15) is 0 Å². The van der Waals surface area contributed by atoms with E-state index in [0.717, 1.165) is 5.82 Å². The van der Waals surface area contributed by atoms with Crippen LogP contribution >= 0.6 is 0 Å². The fraction of sp³-hybridized carbons (Fsp3) is 0.800. The first kappa shape index (κ1) is 12.1. The summed E-state index contributed by atoms with van der Waals surface area (Å²) in [4.78, 5) is 0. The van der Waals surface area contributed by atoms with Gasteiger partial charge >= 0.3 is 0 Å². The number of ether oxygens (including phenoxy) is 1. The molecule has 0 saturated carbocycles. The van der Waals surface area contributed by atoms with Crippen LogP contribution in [0.5, 0.6) is 0 Å². The molecule has 86 valence electrons. The average molecular weight is 213 g/mol. The molecule has 0 aliphatic rings. The van der Waals surface area contributed by atoms with E-state index >= 15 is 0 Å². The predicted molar refractivity (Wildman–Crippen MR) is 56.5 cm³/mol. The van der Waals surface area contributed by atoms with Gasteiger partial charge in [-0.25, -0.2) is 0 Å². The van der Waals surface area contributed by atoms with Gasteiger partial charge in [0.25, 0.3) is 0 Å². The third-order valence-electron chi connectivity index (χ3n) is 2.14. The highest BCUT2D eigenvalue weighted by Crippen LogP contribution is 2.18. The van der Waals surface area contributed by atoms with Crippen LogP contribution in [0.2, 0.25) is 0 Å². The molecule has 0 spiro atoms. The first-order valence-corrected chi connectivity index (χ1v) is 5.04. The van der Waals surface area contributed by atoms with Crippen LogP contribution in [0.15, 0.2) is 0 Å². The molecule has 1 N–H and O–H groups in total. The summed E-state index contributed by atoms with van der Waals surface area (Å²) in [5.41, 5.74) is -0.120. The molecule has 1 aromatic rings. The van der Waals surface area contributed by atoms with Gasteiger partial charge in [-0.1, -0.05) is 0 Å². The van der Waals surface area contributed by atoms with Gasteiger partial charge in [-0.3, -0.25) is 0 Å². The van der Waals surface area contributed by atoms with Crippen LogP contribution in [0.1, 0.15) is 32.4 Å². The fourth-order valence-electron chi connectivity index (χ4n) is 1.59. The Morgan fingerprint density at radius 3 is 2.33 bits per heavy atom. The Morgan fingerprint density at radius 2 is 1.87 bits per heavy atom. The monoisotopic (exact) mass is 213 g/mol. The molecular weight excluding hydrogens is 194 g/mol. The zero-order valence-electron chi connectivity index (χ0n) is 9.82. The molecule has 0 bridgehead atoms. The van der Waals surface area contributed by atoms with Gasteiger partial charge in [0.2, 0.25) is 0 Å². The summed E-state index contributed by atoms with van der Waals surface area (Å²) in [6.45, 7) is 6.71. The first-order valence-electron chi connectivity index (χ1n) is 5.04. The van der Waals surface area contributed by atoms with Crippen LogP contribution in [0.3, 0.4) is 0 Å². The van der Waals surface area contributed by atoms with Gasteiger partial charge in [0, 0.05) is 19.1 Å². The van der Waals surface area contributed by atoms with Crippen molar-refractivity contribution in [2.45, 2.75) is 39.3 Å². The van der Waals surface area contributed by atoms with Gasteiger partial charge in [0.15, 0.2) is 5.82 Å². The molecule has 0 saturated heterocycles. The number of aromatic nitrogens is 3. The zero-order valence-corrected chi connectivity index (χ0v) is 9.82. The lowest BCUT2D eigenvalue weighted by molar-refractivity contribution is 0.196. The van der Waals surface area contributed by atoms with E-state index in [-0.39, 0.29) is 12.1 Å². The van der Waals surface area contributed by atoms with Crippen molar-refractivity contribution in [3.05, 3.63) is 11.6 Å². The smallest absolute Gasteiger partial charge is 0.159 e. The van der Waals surface area contributed by atoms with Gasteiger partial charge in [-0.15, -0.1) is 10.2 Å². The maximum atomic E-state index is 9.17. The summed E-state index contributed by atoms with van der Waals surface area (Å²) >= 11 is 0. The van der Waals surface area contributed by atoms with E-state index in [1.54, 1.807) is 7.11 Å². The van der Waals surface area contributed by atoms with E-state index < -0.39 is 0 Å². The molecule has 5 nitrogen and oxygen atoms in total. The quantitative estimate of drug-likeness (QED) is 0.800. The number of methoxy groups -OCH3 is 1. The molecule has 1 heterocycles. The number of nitrogens with zero attached hydrogens (tertiary/aromatic N) is 3. The molecule has 0 radical (unpaired) electrons. The molecule has 0 amide bonds.